The number of nitrogens with one attached hydrogen (secondary N) is 1. The zero-order chi connectivity index (χ0) is 12.1. The maximum Gasteiger partial charge on any atom is 0.237 e. The lowest BCUT2D eigenvalue weighted by Crippen LogP contribution is -2.54. The summed E-state index contributed by atoms with van der Waals surface area (Å²) < 4.78 is 0. The molecule has 0 bridgehead atoms. The molecule has 94 valence electrons. The first kappa shape index (κ1) is 13.5. The molecule has 16 heavy (non-hydrogen) atoms. The van der Waals surface area contributed by atoms with Crippen LogP contribution in [0.1, 0.15) is 40.0 Å². The van der Waals surface area contributed by atoms with Crippen LogP contribution in [-0.2, 0) is 4.79 Å². The number of hydrogen-bond acceptors (Lipinski definition) is 3. The minimum absolute atomic E-state index is 0.0590. The molecule has 1 atom stereocenters. The Balaban J connectivity index is 2.51. The topological polar surface area (TPSA) is 58.4 Å². The van der Waals surface area contributed by atoms with E-state index in [0.29, 0.717) is 12.6 Å². The van der Waals surface area contributed by atoms with Gasteiger partial charge in [0.05, 0.1) is 6.04 Å². The van der Waals surface area contributed by atoms with Crippen LogP contribution in [-0.4, -0.2) is 42.0 Å². The van der Waals surface area contributed by atoms with Crippen LogP contribution in [0.5, 0.6) is 0 Å². The van der Waals surface area contributed by atoms with Gasteiger partial charge in [-0.3, -0.25) is 9.69 Å². The molecule has 0 heterocycles. The standard InChI is InChI=1S/C12H25N3O/c1-9(2)14-12(16)10(3)15(8-7-13)11-5-4-6-11/h9-11H,4-8,13H2,1-3H3,(H,14,16). The van der Waals surface area contributed by atoms with Gasteiger partial charge in [-0.2, -0.15) is 0 Å². The van der Waals surface area contributed by atoms with Crippen molar-refractivity contribution in [1.82, 2.24) is 10.2 Å². The first-order chi connectivity index (χ1) is 7.56. The Labute approximate surface area is 98.6 Å². The molecule has 0 saturated heterocycles. The van der Waals surface area contributed by atoms with E-state index in [0.717, 1.165) is 6.54 Å². The van der Waals surface area contributed by atoms with Crippen molar-refractivity contribution in [2.45, 2.75) is 58.2 Å². The van der Waals surface area contributed by atoms with E-state index in [-0.39, 0.29) is 18.0 Å². The van der Waals surface area contributed by atoms with Gasteiger partial charge < -0.3 is 11.1 Å². The van der Waals surface area contributed by atoms with Crippen LogP contribution in [0.2, 0.25) is 0 Å². The van der Waals surface area contributed by atoms with Crippen LogP contribution in [0.15, 0.2) is 0 Å². The molecule has 1 saturated carbocycles. The molecular formula is C12H25N3O. The van der Waals surface area contributed by atoms with Gasteiger partial charge in [-0.25, -0.2) is 0 Å². The number of amides is 1. The average Bonchev–Trinajstić information content (AvgIpc) is 2.12. The molecule has 0 radical (unpaired) electrons. The van der Waals surface area contributed by atoms with Gasteiger partial charge in [0.15, 0.2) is 0 Å². The van der Waals surface area contributed by atoms with E-state index in [1.165, 1.54) is 19.3 Å². The highest BCUT2D eigenvalue weighted by molar-refractivity contribution is 5.81. The average molecular weight is 227 g/mol. The fraction of sp³-hybridized carbons (Fsp3) is 0.917. The summed E-state index contributed by atoms with van der Waals surface area (Å²) in [5.74, 6) is 0.121. The van der Waals surface area contributed by atoms with Crippen LogP contribution >= 0.6 is 0 Å². The molecule has 3 N–H and O–H groups in total. The van der Waals surface area contributed by atoms with Crippen LogP contribution < -0.4 is 11.1 Å². The zero-order valence-electron chi connectivity index (χ0n) is 10.7. The maximum absolute atomic E-state index is 11.9. The third-order valence-electron chi connectivity index (χ3n) is 3.24. The molecule has 1 aliphatic rings. The van der Waals surface area contributed by atoms with Gasteiger partial charge in [-0.15, -0.1) is 0 Å². The summed E-state index contributed by atoms with van der Waals surface area (Å²) in [6, 6.07) is 0.712. The third-order valence-corrected chi connectivity index (χ3v) is 3.24. The van der Waals surface area contributed by atoms with Crippen molar-refractivity contribution in [2.24, 2.45) is 5.73 Å². The highest BCUT2D eigenvalue weighted by Crippen LogP contribution is 2.26. The highest BCUT2D eigenvalue weighted by atomic mass is 16.2. The molecule has 4 heteroatoms. The smallest absolute Gasteiger partial charge is 0.237 e. The number of nitrogens with zero attached hydrogens (tertiary/aromatic N) is 1. The summed E-state index contributed by atoms with van der Waals surface area (Å²) in [7, 11) is 0. The van der Waals surface area contributed by atoms with E-state index >= 15 is 0 Å². The van der Waals surface area contributed by atoms with Crippen molar-refractivity contribution in [3.8, 4) is 0 Å². The predicted molar refractivity (Wildman–Crippen MR) is 66.1 cm³/mol. The first-order valence-corrected chi connectivity index (χ1v) is 6.32. The molecule has 0 spiro atoms. The second-order valence-corrected chi connectivity index (χ2v) is 4.95. The highest BCUT2D eigenvalue weighted by Gasteiger charge is 2.31. The Kier molecular flexibility index (Phi) is 5.22. The number of rotatable bonds is 6. The van der Waals surface area contributed by atoms with Gasteiger partial charge >= 0.3 is 0 Å². The van der Waals surface area contributed by atoms with E-state index in [2.05, 4.69) is 10.2 Å². The molecule has 0 aliphatic heterocycles. The van der Waals surface area contributed by atoms with Crippen molar-refractivity contribution in [3.05, 3.63) is 0 Å². The summed E-state index contributed by atoms with van der Waals surface area (Å²) in [4.78, 5) is 14.2. The molecule has 1 aliphatic carbocycles. The SMILES string of the molecule is CC(C)NC(=O)C(C)N(CCN)C1CCC1. The Bertz CT molecular complexity index is 226. The lowest BCUT2D eigenvalue weighted by Gasteiger charge is -2.40. The van der Waals surface area contributed by atoms with Gasteiger partial charge in [0, 0.05) is 25.2 Å². The molecule has 1 unspecified atom stereocenters. The zero-order valence-corrected chi connectivity index (χ0v) is 10.7. The van der Waals surface area contributed by atoms with Crippen molar-refractivity contribution < 1.29 is 4.79 Å². The molecule has 0 aromatic rings. The predicted octanol–water partition coefficient (Wildman–Crippen LogP) is 0.713. The molecule has 0 aromatic carbocycles. The normalized spacial score (nSPS) is 18.6. The number of carbonyl (C=O) groups excluding carboxylic acids is 1. The quantitative estimate of drug-likeness (QED) is 0.703. The van der Waals surface area contributed by atoms with Crippen molar-refractivity contribution >= 4 is 5.91 Å². The monoisotopic (exact) mass is 227 g/mol. The molecule has 0 aromatic heterocycles. The summed E-state index contributed by atoms with van der Waals surface area (Å²) >= 11 is 0. The van der Waals surface area contributed by atoms with E-state index in [4.69, 9.17) is 5.73 Å². The van der Waals surface area contributed by atoms with Crippen LogP contribution in [0.25, 0.3) is 0 Å². The lowest BCUT2D eigenvalue weighted by molar-refractivity contribution is -0.128. The Morgan fingerprint density at radius 2 is 2.06 bits per heavy atom. The summed E-state index contributed by atoms with van der Waals surface area (Å²) in [5.41, 5.74) is 5.61. The van der Waals surface area contributed by atoms with E-state index in [1.54, 1.807) is 0 Å². The van der Waals surface area contributed by atoms with Crippen LogP contribution in [0, 0.1) is 0 Å². The van der Waals surface area contributed by atoms with Gasteiger partial charge in [0.25, 0.3) is 0 Å². The van der Waals surface area contributed by atoms with Crippen molar-refractivity contribution in [1.29, 1.82) is 0 Å². The molecule has 1 amide bonds. The van der Waals surface area contributed by atoms with Crippen LogP contribution in [0.4, 0.5) is 0 Å². The first-order valence-electron chi connectivity index (χ1n) is 6.32. The third kappa shape index (κ3) is 3.46. The Morgan fingerprint density at radius 3 is 2.44 bits per heavy atom. The minimum Gasteiger partial charge on any atom is -0.353 e. The molecule has 1 rings (SSSR count). The summed E-state index contributed by atoms with van der Waals surface area (Å²) in [6.07, 6.45) is 3.70. The van der Waals surface area contributed by atoms with E-state index in [1.807, 2.05) is 20.8 Å². The van der Waals surface area contributed by atoms with Crippen molar-refractivity contribution in [3.63, 3.8) is 0 Å². The molecule has 4 nitrogen and oxygen atoms in total. The van der Waals surface area contributed by atoms with Gasteiger partial charge in [-0.1, -0.05) is 6.42 Å². The second kappa shape index (κ2) is 6.21. The fourth-order valence-electron chi connectivity index (χ4n) is 2.12. The van der Waals surface area contributed by atoms with E-state index in [9.17, 15) is 4.79 Å². The summed E-state index contributed by atoms with van der Waals surface area (Å²) in [5, 5.41) is 2.96. The lowest BCUT2D eigenvalue weighted by atomic mass is 9.90. The number of carbonyl (C=O) groups is 1. The number of nitrogens with two attached hydrogens (primary N) is 1. The fourth-order valence-corrected chi connectivity index (χ4v) is 2.12. The minimum atomic E-state index is -0.0590. The molecular weight excluding hydrogens is 202 g/mol. The van der Waals surface area contributed by atoms with E-state index < -0.39 is 0 Å². The van der Waals surface area contributed by atoms with Crippen molar-refractivity contribution in [2.75, 3.05) is 13.1 Å². The number of hydrogen-bond donors (Lipinski definition) is 2. The summed E-state index contributed by atoms with van der Waals surface area (Å²) in [6.45, 7) is 7.39. The second-order valence-electron chi connectivity index (χ2n) is 4.95. The van der Waals surface area contributed by atoms with Gasteiger partial charge in [0.1, 0.15) is 0 Å². The maximum atomic E-state index is 11.9. The largest absolute Gasteiger partial charge is 0.353 e. The van der Waals surface area contributed by atoms with Gasteiger partial charge in [0.2, 0.25) is 5.91 Å². The Hall–Kier alpha value is -0.610. The Morgan fingerprint density at radius 1 is 1.44 bits per heavy atom. The van der Waals surface area contributed by atoms with Crippen LogP contribution in [0.3, 0.4) is 0 Å². The molecule has 1 fully saturated rings. The van der Waals surface area contributed by atoms with Gasteiger partial charge in [-0.05, 0) is 33.6 Å².